The summed E-state index contributed by atoms with van der Waals surface area (Å²) in [5.74, 6) is -2.28. The number of aromatic carboxylic acids is 1. The second kappa shape index (κ2) is 5.25. The highest BCUT2D eigenvalue weighted by Crippen LogP contribution is 2.12. The maximum Gasteiger partial charge on any atom is 0.335 e. The van der Waals surface area contributed by atoms with Crippen molar-refractivity contribution in [3.63, 3.8) is 0 Å². The number of carbonyl (C=O) groups excluding carboxylic acids is 1. The quantitative estimate of drug-likeness (QED) is 0.799. The van der Waals surface area contributed by atoms with E-state index in [0.29, 0.717) is 11.1 Å². The zero-order valence-corrected chi connectivity index (χ0v) is 9.27. The molecule has 1 rings (SSSR count). The molecule has 5 nitrogen and oxygen atoms in total. The summed E-state index contributed by atoms with van der Waals surface area (Å²) < 4.78 is 0. The van der Waals surface area contributed by atoms with Gasteiger partial charge in [-0.15, -0.1) is 0 Å². The summed E-state index contributed by atoms with van der Waals surface area (Å²) >= 11 is 0. The van der Waals surface area contributed by atoms with E-state index in [1.54, 1.807) is 6.07 Å². The molecule has 0 aliphatic heterocycles. The Balaban J connectivity index is 3.13. The molecule has 5 heteroatoms. The number of carboxylic acids is 2. The third-order valence-corrected chi connectivity index (χ3v) is 2.11. The van der Waals surface area contributed by atoms with Crippen LogP contribution >= 0.6 is 0 Å². The van der Waals surface area contributed by atoms with E-state index in [1.165, 1.54) is 19.1 Å². The molecule has 0 saturated heterocycles. The van der Waals surface area contributed by atoms with Crippen molar-refractivity contribution in [1.82, 2.24) is 0 Å². The number of ketones is 1. The van der Waals surface area contributed by atoms with Crippen LogP contribution in [0, 0.1) is 0 Å². The summed E-state index contributed by atoms with van der Waals surface area (Å²) in [5.41, 5.74) is 0.905. The Bertz CT molecular complexity index is 442. The summed E-state index contributed by atoms with van der Waals surface area (Å²) in [6.07, 6.45) is -0.153. The van der Waals surface area contributed by atoms with Crippen LogP contribution < -0.4 is 0 Å². The second-order valence-corrected chi connectivity index (χ2v) is 3.79. The fraction of sp³-hybridized carbons (Fsp3) is 0.250. The van der Waals surface area contributed by atoms with Gasteiger partial charge in [0.15, 0.2) is 0 Å². The van der Waals surface area contributed by atoms with Gasteiger partial charge in [0.25, 0.3) is 0 Å². The van der Waals surface area contributed by atoms with Crippen LogP contribution in [-0.4, -0.2) is 27.9 Å². The highest BCUT2D eigenvalue weighted by atomic mass is 16.4. The predicted octanol–water partition coefficient (Wildman–Crippen LogP) is 1.14. The van der Waals surface area contributed by atoms with E-state index >= 15 is 0 Å². The molecule has 1 aromatic carbocycles. The van der Waals surface area contributed by atoms with Gasteiger partial charge >= 0.3 is 11.9 Å². The lowest BCUT2D eigenvalue weighted by molar-refractivity contribution is -0.136. The number of hydrogen-bond acceptors (Lipinski definition) is 3. The first-order valence-corrected chi connectivity index (χ1v) is 4.96. The summed E-state index contributed by atoms with van der Waals surface area (Å²) in [6, 6.07) is 4.23. The average molecular weight is 236 g/mol. The Morgan fingerprint density at radius 2 is 1.53 bits per heavy atom. The number of aliphatic carboxylic acids is 1. The van der Waals surface area contributed by atoms with Gasteiger partial charge in [0, 0.05) is 6.42 Å². The van der Waals surface area contributed by atoms with Crippen molar-refractivity contribution in [3.05, 3.63) is 34.9 Å². The summed E-state index contributed by atoms with van der Waals surface area (Å²) in [4.78, 5) is 32.4. The highest BCUT2D eigenvalue weighted by molar-refractivity contribution is 5.89. The molecule has 1 aromatic rings. The maximum atomic E-state index is 11.0. The van der Waals surface area contributed by atoms with Crippen molar-refractivity contribution in [2.24, 2.45) is 0 Å². The third-order valence-electron chi connectivity index (χ3n) is 2.11. The van der Waals surface area contributed by atoms with Crippen LogP contribution in [0.15, 0.2) is 18.2 Å². The van der Waals surface area contributed by atoms with Crippen LogP contribution in [0.1, 0.15) is 28.4 Å². The molecule has 0 aliphatic carbocycles. The molecule has 2 N–H and O–H groups in total. The molecule has 17 heavy (non-hydrogen) atoms. The SMILES string of the molecule is CC(=O)Cc1cc(CC(=O)O)cc(C(=O)O)c1. The Morgan fingerprint density at radius 1 is 1.00 bits per heavy atom. The van der Waals surface area contributed by atoms with Crippen LogP contribution in [0.5, 0.6) is 0 Å². The minimum Gasteiger partial charge on any atom is -0.481 e. The van der Waals surface area contributed by atoms with Gasteiger partial charge in [0.05, 0.1) is 12.0 Å². The van der Waals surface area contributed by atoms with Gasteiger partial charge in [-0.2, -0.15) is 0 Å². The van der Waals surface area contributed by atoms with E-state index in [2.05, 4.69) is 0 Å². The van der Waals surface area contributed by atoms with Crippen LogP contribution in [0.2, 0.25) is 0 Å². The summed E-state index contributed by atoms with van der Waals surface area (Å²) in [7, 11) is 0. The molecular weight excluding hydrogens is 224 g/mol. The molecule has 90 valence electrons. The van der Waals surface area contributed by atoms with Crippen molar-refractivity contribution >= 4 is 17.7 Å². The largest absolute Gasteiger partial charge is 0.481 e. The topological polar surface area (TPSA) is 91.7 Å². The van der Waals surface area contributed by atoms with E-state index < -0.39 is 11.9 Å². The lowest BCUT2D eigenvalue weighted by atomic mass is 10.0. The van der Waals surface area contributed by atoms with Crippen molar-refractivity contribution in [3.8, 4) is 0 Å². The minimum absolute atomic E-state index is 0.000000000000000444. The van der Waals surface area contributed by atoms with Crippen LogP contribution in [0.3, 0.4) is 0 Å². The number of carboxylic acid groups (broad SMARTS) is 2. The van der Waals surface area contributed by atoms with Crippen molar-refractivity contribution in [2.45, 2.75) is 19.8 Å². The molecule has 0 spiro atoms. The maximum absolute atomic E-state index is 11.0. The molecule has 0 aromatic heterocycles. The zero-order chi connectivity index (χ0) is 13.0. The van der Waals surface area contributed by atoms with Crippen LogP contribution in [0.25, 0.3) is 0 Å². The average Bonchev–Trinajstić information content (AvgIpc) is 2.14. The molecule has 0 radical (unpaired) electrons. The van der Waals surface area contributed by atoms with E-state index in [4.69, 9.17) is 10.2 Å². The summed E-state index contributed by atoms with van der Waals surface area (Å²) in [5, 5.41) is 17.5. The molecule has 0 atom stereocenters. The molecule has 0 heterocycles. The first kappa shape index (κ1) is 12.9. The summed E-state index contributed by atoms with van der Waals surface area (Å²) in [6.45, 7) is 1.39. The van der Waals surface area contributed by atoms with Crippen molar-refractivity contribution in [2.75, 3.05) is 0 Å². The van der Waals surface area contributed by atoms with E-state index in [1.807, 2.05) is 0 Å². The molecule has 0 aliphatic rings. The fourth-order valence-corrected chi connectivity index (χ4v) is 1.55. The van der Waals surface area contributed by atoms with Crippen molar-refractivity contribution < 1.29 is 24.6 Å². The van der Waals surface area contributed by atoms with Gasteiger partial charge in [0.1, 0.15) is 5.78 Å². The van der Waals surface area contributed by atoms with Gasteiger partial charge in [-0.25, -0.2) is 4.79 Å². The smallest absolute Gasteiger partial charge is 0.335 e. The highest BCUT2D eigenvalue weighted by Gasteiger charge is 2.10. The second-order valence-electron chi connectivity index (χ2n) is 3.79. The first-order valence-electron chi connectivity index (χ1n) is 4.96. The van der Waals surface area contributed by atoms with Crippen LogP contribution in [0.4, 0.5) is 0 Å². The molecule has 0 amide bonds. The molecule has 0 unspecified atom stereocenters. The molecular formula is C12H12O5. The van der Waals surface area contributed by atoms with Gasteiger partial charge in [-0.3, -0.25) is 9.59 Å². The monoisotopic (exact) mass is 236 g/mol. The lowest BCUT2D eigenvalue weighted by Crippen LogP contribution is -2.06. The van der Waals surface area contributed by atoms with Gasteiger partial charge in [0.2, 0.25) is 0 Å². The normalized spacial score (nSPS) is 9.94. The number of benzene rings is 1. The predicted molar refractivity (Wildman–Crippen MR) is 59.1 cm³/mol. The number of Topliss-reactive ketones (excluding diaryl/α,β-unsaturated/α-hetero) is 1. The Labute approximate surface area is 97.7 Å². The standard InChI is InChI=1S/C12H12O5/c1-7(13)2-8-3-9(6-11(14)15)5-10(4-8)12(16)17/h3-5H,2,6H2,1H3,(H,14,15)(H,16,17). The van der Waals surface area contributed by atoms with Gasteiger partial charge < -0.3 is 10.2 Å². The first-order chi connectivity index (χ1) is 7.88. The van der Waals surface area contributed by atoms with Gasteiger partial charge in [-0.1, -0.05) is 6.07 Å². The van der Waals surface area contributed by atoms with Crippen molar-refractivity contribution in [1.29, 1.82) is 0 Å². The molecule has 0 saturated carbocycles. The van der Waals surface area contributed by atoms with E-state index in [0.717, 1.165) is 0 Å². The Morgan fingerprint density at radius 3 is 1.94 bits per heavy atom. The number of rotatable bonds is 5. The van der Waals surface area contributed by atoms with Gasteiger partial charge in [-0.05, 0) is 30.2 Å². The lowest BCUT2D eigenvalue weighted by Gasteiger charge is -2.05. The Kier molecular flexibility index (Phi) is 3.98. The number of carbonyl (C=O) groups is 3. The van der Waals surface area contributed by atoms with E-state index in [-0.39, 0.29) is 24.2 Å². The fourth-order valence-electron chi connectivity index (χ4n) is 1.55. The molecule has 0 fully saturated rings. The zero-order valence-electron chi connectivity index (χ0n) is 9.27. The molecule has 0 bridgehead atoms. The van der Waals surface area contributed by atoms with Crippen LogP contribution in [-0.2, 0) is 22.4 Å². The minimum atomic E-state index is -1.14. The third kappa shape index (κ3) is 4.06. The number of hydrogen-bond donors (Lipinski definition) is 2. The Hall–Kier alpha value is -2.17. The van der Waals surface area contributed by atoms with E-state index in [9.17, 15) is 14.4 Å².